The lowest BCUT2D eigenvalue weighted by Gasteiger charge is -2.56. The van der Waals surface area contributed by atoms with Crippen LogP contribution in [-0.2, 0) is 14.3 Å². The van der Waals surface area contributed by atoms with E-state index in [9.17, 15) is 19.7 Å². The molecular formula is C21H26N2O5S. The second-order valence-electron chi connectivity index (χ2n) is 8.89. The van der Waals surface area contributed by atoms with E-state index in [4.69, 9.17) is 4.74 Å². The molecule has 1 amide bonds. The van der Waals surface area contributed by atoms with Crippen LogP contribution >= 0.6 is 11.8 Å². The molecule has 4 saturated carbocycles. The van der Waals surface area contributed by atoms with Crippen LogP contribution in [0.25, 0.3) is 0 Å². The second-order valence-corrected chi connectivity index (χ2v) is 9.94. The van der Waals surface area contributed by atoms with Crippen LogP contribution < -0.4 is 5.32 Å². The van der Waals surface area contributed by atoms with Gasteiger partial charge in [0, 0.05) is 23.6 Å². The molecule has 0 heterocycles. The zero-order chi connectivity index (χ0) is 20.4. The molecule has 4 aliphatic carbocycles. The summed E-state index contributed by atoms with van der Waals surface area (Å²) in [6.07, 6.45) is 7.80. The molecule has 0 radical (unpaired) electrons. The van der Waals surface area contributed by atoms with E-state index in [-0.39, 0.29) is 29.4 Å². The van der Waals surface area contributed by atoms with E-state index in [0.29, 0.717) is 6.54 Å². The minimum absolute atomic E-state index is 0.00706. The quantitative estimate of drug-likeness (QED) is 0.300. The van der Waals surface area contributed by atoms with E-state index in [0.717, 1.165) is 22.6 Å². The van der Waals surface area contributed by atoms with Crippen molar-refractivity contribution in [1.82, 2.24) is 5.32 Å². The lowest BCUT2D eigenvalue weighted by Crippen LogP contribution is -2.51. The molecular weight excluding hydrogens is 392 g/mol. The summed E-state index contributed by atoms with van der Waals surface area (Å²) in [6.45, 7) is 0.441. The summed E-state index contributed by atoms with van der Waals surface area (Å²) in [5.41, 5.74) is 0.271. The molecule has 4 bridgehead atoms. The number of carbonyl (C=O) groups is 2. The van der Waals surface area contributed by atoms with Crippen molar-refractivity contribution < 1.29 is 19.2 Å². The van der Waals surface area contributed by atoms with Gasteiger partial charge in [-0.25, -0.2) is 0 Å². The standard InChI is InChI=1S/C21H26N2O5S/c24-19(22-13-21-8-14-5-15(9-21)7-16(6-14)10-21)11-28-20(25)12-29-18-3-1-17(2-4-18)23(26)27/h1-4,14-16H,5-13H2,(H,22,24). The fraction of sp³-hybridized carbons (Fsp3) is 0.619. The number of thioether (sulfide) groups is 1. The highest BCUT2D eigenvalue weighted by Crippen LogP contribution is 2.59. The monoisotopic (exact) mass is 418 g/mol. The van der Waals surface area contributed by atoms with Crippen molar-refractivity contribution in [2.45, 2.75) is 43.4 Å². The van der Waals surface area contributed by atoms with Gasteiger partial charge in [0.2, 0.25) is 0 Å². The number of nitro groups is 1. The van der Waals surface area contributed by atoms with Crippen LogP contribution in [0.1, 0.15) is 38.5 Å². The van der Waals surface area contributed by atoms with Crippen LogP contribution in [0.5, 0.6) is 0 Å². The van der Waals surface area contributed by atoms with Gasteiger partial charge in [0.05, 0.1) is 10.7 Å². The van der Waals surface area contributed by atoms with Crippen molar-refractivity contribution in [1.29, 1.82) is 0 Å². The van der Waals surface area contributed by atoms with Gasteiger partial charge in [0.1, 0.15) is 0 Å². The molecule has 1 N–H and O–H groups in total. The highest BCUT2D eigenvalue weighted by molar-refractivity contribution is 8.00. The molecule has 0 aliphatic heterocycles. The van der Waals surface area contributed by atoms with E-state index in [2.05, 4.69) is 5.32 Å². The molecule has 4 fully saturated rings. The first kappa shape index (κ1) is 20.2. The number of amides is 1. The number of nitrogens with zero attached hydrogens (tertiary/aromatic N) is 1. The number of benzene rings is 1. The number of nitrogens with one attached hydrogen (secondary N) is 1. The number of rotatable bonds is 8. The molecule has 0 unspecified atom stereocenters. The maximum atomic E-state index is 12.2. The van der Waals surface area contributed by atoms with Crippen molar-refractivity contribution in [2.24, 2.45) is 23.2 Å². The summed E-state index contributed by atoms with van der Waals surface area (Å²) in [7, 11) is 0. The summed E-state index contributed by atoms with van der Waals surface area (Å²) in [5.74, 6) is 1.86. The van der Waals surface area contributed by atoms with Crippen molar-refractivity contribution in [2.75, 3.05) is 18.9 Å². The Hall–Kier alpha value is -2.09. The molecule has 0 aromatic heterocycles. The molecule has 0 spiro atoms. The minimum atomic E-state index is -0.474. The summed E-state index contributed by atoms with van der Waals surface area (Å²) in [5, 5.41) is 13.6. The summed E-state index contributed by atoms with van der Waals surface area (Å²) in [4.78, 5) is 35.0. The summed E-state index contributed by atoms with van der Waals surface area (Å²) < 4.78 is 5.08. The Kier molecular flexibility index (Phi) is 5.81. The molecule has 7 nitrogen and oxygen atoms in total. The van der Waals surface area contributed by atoms with E-state index < -0.39 is 10.9 Å². The van der Waals surface area contributed by atoms with E-state index in [1.807, 2.05) is 0 Å². The van der Waals surface area contributed by atoms with Crippen molar-refractivity contribution in [3.63, 3.8) is 0 Å². The number of carbonyl (C=O) groups excluding carboxylic acids is 2. The normalized spacial score (nSPS) is 29.4. The second kappa shape index (κ2) is 8.34. The average Bonchev–Trinajstić information content (AvgIpc) is 2.68. The third-order valence-electron chi connectivity index (χ3n) is 6.59. The fourth-order valence-corrected chi connectivity index (χ4v) is 6.53. The van der Waals surface area contributed by atoms with Gasteiger partial charge in [-0.3, -0.25) is 19.7 Å². The van der Waals surface area contributed by atoms with Crippen molar-refractivity contribution in [3.05, 3.63) is 34.4 Å². The average molecular weight is 419 g/mol. The molecule has 156 valence electrons. The molecule has 0 atom stereocenters. The SMILES string of the molecule is O=C(COC(=O)CSc1ccc([N+](=O)[O-])cc1)NCC12CC3CC(CC(C3)C1)C2. The highest BCUT2D eigenvalue weighted by atomic mass is 32.2. The van der Waals surface area contributed by atoms with Gasteiger partial charge in [-0.1, -0.05) is 0 Å². The Morgan fingerprint density at radius 1 is 1.10 bits per heavy atom. The molecule has 1 aromatic carbocycles. The first-order chi connectivity index (χ1) is 13.9. The molecule has 1 aromatic rings. The zero-order valence-corrected chi connectivity index (χ0v) is 17.1. The third kappa shape index (κ3) is 4.91. The van der Waals surface area contributed by atoms with Crippen LogP contribution in [0.2, 0.25) is 0 Å². The topological polar surface area (TPSA) is 98.5 Å². The summed E-state index contributed by atoms with van der Waals surface area (Å²) in [6, 6.07) is 5.97. The van der Waals surface area contributed by atoms with Crippen LogP contribution in [0.3, 0.4) is 0 Å². The van der Waals surface area contributed by atoms with Gasteiger partial charge >= 0.3 is 5.97 Å². The lowest BCUT2D eigenvalue weighted by molar-refractivity contribution is -0.384. The van der Waals surface area contributed by atoms with Crippen LogP contribution in [0, 0.1) is 33.3 Å². The fourth-order valence-electron chi connectivity index (χ4n) is 5.84. The van der Waals surface area contributed by atoms with Crippen molar-refractivity contribution in [3.8, 4) is 0 Å². The predicted octanol–water partition coefficient (Wildman–Crippen LogP) is 3.56. The van der Waals surface area contributed by atoms with Gasteiger partial charge in [-0.05, 0) is 73.8 Å². The number of esters is 1. The first-order valence-electron chi connectivity index (χ1n) is 10.2. The molecule has 29 heavy (non-hydrogen) atoms. The van der Waals surface area contributed by atoms with Gasteiger partial charge in [-0.2, -0.15) is 0 Å². The van der Waals surface area contributed by atoms with E-state index >= 15 is 0 Å². The van der Waals surface area contributed by atoms with Crippen LogP contribution in [0.15, 0.2) is 29.2 Å². The van der Waals surface area contributed by atoms with E-state index in [1.165, 1.54) is 62.4 Å². The maximum Gasteiger partial charge on any atom is 0.316 e. The summed E-state index contributed by atoms with van der Waals surface area (Å²) >= 11 is 1.22. The van der Waals surface area contributed by atoms with Crippen LogP contribution in [-0.4, -0.2) is 35.7 Å². The number of ether oxygens (including phenoxy) is 1. The number of hydrogen-bond donors (Lipinski definition) is 1. The van der Waals surface area contributed by atoms with Crippen LogP contribution in [0.4, 0.5) is 5.69 Å². The Morgan fingerprint density at radius 3 is 2.24 bits per heavy atom. The molecule has 8 heteroatoms. The zero-order valence-electron chi connectivity index (χ0n) is 16.3. The van der Waals surface area contributed by atoms with E-state index in [1.54, 1.807) is 12.1 Å². The third-order valence-corrected chi connectivity index (χ3v) is 7.58. The van der Waals surface area contributed by atoms with Gasteiger partial charge in [0.25, 0.3) is 11.6 Å². The van der Waals surface area contributed by atoms with Gasteiger partial charge in [0.15, 0.2) is 6.61 Å². The van der Waals surface area contributed by atoms with Crippen molar-refractivity contribution >= 4 is 29.3 Å². The highest BCUT2D eigenvalue weighted by Gasteiger charge is 2.50. The maximum absolute atomic E-state index is 12.2. The Bertz CT molecular complexity index is 759. The number of hydrogen-bond acceptors (Lipinski definition) is 6. The van der Waals surface area contributed by atoms with Gasteiger partial charge in [-0.15, -0.1) is 11.8 Å². The van der Waals surface area contributed by atoms with Gasteiger partial charge < -0.3 is 10.1 Å². The predicted molar refractivity (Wildman–Crippen MR) is 108 cm³/mol. The molecule has 4 aliphatic rings. The first-order valence-corrected chi connectivity index (χ1v) is 11.2. The number of non-ortho nitro benzene ring substituents is 1. The Labute approximate surface area is 174 Å². The minimum Gasteiger partial charge on any atom is -0.455 e. The number of nitro benzene ring substituents is 1. The largest absolute Gasteiger partial charge is 0.455 e. The molecule has 0 saturated heterocycles. The Balaban J connectivity index is 1.16. The molecule has 5 rings (SSSR count). The lowest BCUT2D eigenvalue weighted by atomic mass is 9.49. The Morgan fingerprint density at radius 2 is 1.69 bits per heavy atom. The smallest absolute Gasteiger partial charge is 0.316 e.